The molecule has 1 rings (SSSR count). The Bertz CT molecular complexity index is 192. The lowest BCUT2D eigenvalue weighted by Crippen LogP contribution is -2.43. The summed E-state index contributed by atoms with van der Waals surface area (Å²) in [5.41, 5.74) is 0. The van der Waals surface area contributed by atoms with Gasteiger partial charge in [0.1, 0.15) is 0 Å². The van der Waals surface area contributed by atoms with Crippen LogP contribution in [0.15, 0.2) is 0 Å². The maximum absolute atomic E-state index is 12.0. The van der Waals surface area contributed by atoms with E-state index in [0.717, 1.165) is 32.4 Å². The number of carbonyl (C=O) groups excluding carboxylic acids is 1. The third-order valence-electron chi connectivity index (χ3n) is 3.01. The molecule has 82 valence electrons. The average molecular weight is 262 g/mol. The van der Waals surface area contributed by atoms with Gasteiger partial charge in [0.2, 0.25) is 5.91 Å². The zero-order valence-corrected chi connectivity index (χ0v) is 10.7. The molecule has 1 aliphatic rings. The number of hydrogen-bond donors (Lipinski definition) is 0. The van der Waals surface area contributed by atoms with E-state index in [4.69, 9.17) is 0 Å². The molecule has 14 heavy (non-hydrogen) atoms. The molecule has 1 aliphatic heterocycles. The summed E-state index contributed by atoms with van der Waals surface area (Å²) in [5, 5.41) is 0. The first kappa shape index (κ1) is 12.0. The van der Waals surface area contributed by atoms with Crippen molar-refractivity contribution >= 4 is 21.8 Å². The number of hydrogen-bond acceptors (Lipinski definition) is 1. The summed E-state index contributed by atoms with van der Waals surface area (Å²) >= 11 is 3.60. The highest BCUT2D eigenvalue weighted by molar-refractivity contribution is 9.09. The Hall–Kier alpha value is -0.0500. The molecule has 3 heteroatoms. The lowest BCUT2D eigenvalue weighted by atomic mass is 10.00. The average Bonchev–Trinajstić information content (AvgIpc) is 2.19. The standard InChI is InChI=1S/C11H20BrNO/c1-3-9(4-2)11(14)13-7-5-6-10(12)8-13/h9-10H,3-8H2,1-2H3. The normalized spacial score (nSPS) is 22.9. The lowest BCUT2D eigenvalue weighted by Gasteiger charge is -2.32. The summed E-state index contributed by atoms with van der Waals surface area (Å²) in [7, 11) is 0. The summed E-state index contributed by atoms with van der Waals surface area (Å²) in [6, 6.07) is 0. The molecule has 2 nitrogen and oxygen atoms in total. The molecule has 1 heterocycles. The molecule has 0 saturated carbocycles. The van der Waals surface area contributed by atoms with Crippen LogP contribution in [0, 0.1) is 5.92 Å². The van der Waals surface area contributed by atoms with Gasteiger partial charge in [0.05, 0.1) is 0 Å². The van der Waals surface area contributed by atoms with E-state index in [1.807, 2.05) is 4.90 Å². The molecule has 0 aromatic carbocycles. The van der Waals surface area contributed by atoms with Crippen molar-refractivity contribution in [3.05, 3.63) is 0 Å². The van der Waals surface area contributed by atoms with Crippen LogP contribution >= 0.6 is 15.9 Å². The second-order valence-electron chi connectivity index (χ2n) is 4.04. The minimum absolute atomic E-state index is 0.243. The Morgan fingerprint density at radius 3 is 2.64 bits per heavy atom. The van der Waals surface area contributed by atoms with Gasteiger partial charge in [-0.15, -0.1) is 0 Å². The first-order chi connectivity index (χ1) is 6.69. The van der Waals surface area contributed by atoms with Gasteiger partial charge >= 0.3 is 0 Å². The minimum atomic E-state index is 0.243. The highest BCUT2D eigenvalue weighted by Gasteiger charge is 2.25. The zero-order chi connectivity index (χ0) is 10.6. The van der Waals surface area contributed by atoms with Gasteiger partial charge in [-0.2, -0.15) is 0 Å². The maximum Gasteiger partial charge on any atom is 0.225 e. The van der Waals surface area contributed by atoms with E-state index in [9.17, 15) is 4.79 Å². The topological polar surface area (TPSA) is 20.3 Å². The first-order valence-corrected chi connectivity index (χ1v) is 6.53. The smallest absolute Gasteiger partial charge is 0.225 e. The second-order valence-corrected chi connectivity index (χ2v) is 5.33. The molecule has 1 saturated heterocycles. The lowest BCUT2D eigenvalue weighted by molar-refractivity contribution is -0.136. The SMILES string of the molecule is CCC(CC)C(=O)N1CCCC(Br)C1. The summed E-state index contributed by atoms with van der Waals surface area (Å²) < 4.78 is 0. The molecule has 0 N–H and O–H groups in total. The molecule has 0 aromatic rings. The second kappa shape index (κ2) is 5.74. The molecule has 1 fully saturated rings. The Morgan fingerprint density at radius 1 is 1.50 bits per heavy atom. The number of halogens is 1. The van der Waals surface area contributed by atoms with E-state index >= 15 is 0 Å². The highest BCUT2D eigenvalue weighted by Crippen LogP contribution is 2.20. The van der Waals surface area contributed by atoms with Crippen LogP contribution in [0.4, 0.5) is 0 Å². The van der Waals surface area contributed by atoms with Crippen LogP contribution < -0.4 is 0 Å². The van der Waals surface area contributed by atoms with E-state index in [2.05, 4.69) is 29.8 Å². The minimum Gasteiger partial charge on any atom is -0.341 e. The fourth-order valence-corrected chi connectivity index (χ4v) is 2.69. The van der Waals surface area contributed by atoms with Crippen molar-refractivity contribution in [2.75, 3.05) is 13.1 Å². The van der Waals surface area contributed by atoms with E-state index in [1.165, 1.54) is 6.42 Å². The van der Waals surface area contributed by atoms with Crippen molar-refractivity contribution in [3.63, 3.8) is 0 Å². The number of amides is 1. The van der Waals surface area contributed by atoms with Crippen LogP contribution in [-0.4, -0.2) is 28.7 Å². The van der Waals surface area contributed by atoms with Crippen molar-refractivity contribution in [2.45, 2.75) is 44.4 Å². The monoisotopic (exact) mass is 261 g/mol. The molecule has 1 unspecified atom stereocenters. The quantitative estimate of drug-likeness (QED) is 0.716. The first-order valence-electron chi connectivity index (χ1n) is 5.61. The molecule has 0 spiro atoms. The zero-order valence-electron chi connectivity index (χ0n) is 9.13. The Balaban J connectivity index is 2.50. The number of piperidine rings is 1. The third-order valence-corrected chi connectivity index (χ3v) is 3.76. The van der Waals surface area contributed by atoms with E-state index < -0.39 is 0 Å². The number of nitrogens with zero attached hydrogens (tertiary/aromatic N) is 1. The number of rotatable bonds is 3. The van der Waals surface area contributed by atoms with Crippen molar-refractivity contribution in [2.24, 2.45) is 5.92 Å². The van der Waals surface area contributed by atoms with Crippen molar-refractivity contribution in [1.82, 2.24) is 4.90 Å². The van der Waals surface area contributed by atoms with Gasteiger partial charge in [-0.1, -0.05) is 29.8 Å². The summed E-state index contributed by atoms with van der Waals surface area (Å²) in [6.45, 7) is 6.05. The van der Waals surface area contributed by atoms with Crippen molar-refractivity contribution < 1.29 is 4.79 Å². The summed E-state index contributed by atoms with van der Waals surface area (Å²) in [4.78, 5) is 14.5. The predicted molar refractivity (Wildman–Crippen MR) is 62.6 cm³/mol. The van der Waals surface area contributed by atoms with Gasteiger partial charge in [0.15, 0.2) is 0 Å². The molecule has 0 aromatic heterocycles. The van der Waals surface area contributed by atoms with Crippen LogP contribution in [0.25, 0.3) is 0 Å². The molecular formula is C11H20BrNO. The van der Waals surface area contributed by atoms with E-state index in [-0.39, 0.29) is 5.92 Å². The number of likely N-dealkylation sites (tertiary alicyclic amines) is 1. The van der Waals surface area contributed by atoms with Crippen LogP contribution in [0.3, 0.4) is 0 Å². The molecule has 1 atom stereocenters. The van der Waals surface area contributed by atoms with Crippen LogP contribution in [-0.2, 0) is 4.79 Å². The Labute approximate surface area is 95.2 Å². The van der Waals surface area contributed by atoms with E-state index in [1.54, 1.807) is 0 Å². The van der Waals surface area contributed by atoms with Gasteiger partial charge in [-0.05, 0) is 25.7 Å². The fraction of sp³-hybridized carbons (Fsp3) is 0.909. The molecule has 0 aliphatic carbocycles. The van der Waals surface area contributed by atoms with Gasteiger partial charge < -0.3 is 4.90 Å². The van der Waals surface area contributed by atoms with Crippen molar-refractivity contribution in [3.8, 4) is 0 Å². The van der Waals surface area contributed by atoms with Gasteiger partial charge in [0, 0.05) is 23.8 Å². The molecule has 0 radical (unpaired) electrons. The maximum atomic E-state index is 12.0. The number of carbonyl (C=O) groups is 1. The fourth-order valence-electron chi connectivity index (χ4n) is 2.02. The number of alkyl halides is 1. The van der Waals surface area contributed by atoms with E-state index in [0.29, 0.717) is 10.7 Å². The summed E-state index contributed by atoms with van der Waals surface area (Å²) in [5.74, 6) is 0.604. The highest BCUT2D eigenvalue weighted by atomic mass is 79.9. The van der Waals surface area contributed by atoms with Gasteiger partial charge in [-0.3, -0.25) is 4.79 Å². The van der Waals surface area contributed by atoms with Gasteiger partial charge in [0.25, 0.3) is 0 Å². The molecular weight excluding hydrogens is 242 g/mol. The molecule has 0 bridgehead atoms. The predicted octanol–water partition coefficient (Wildman–Crippen LogP) is 2.81. The van der Waals surface area contributed by atoms with Crippen molar-refractivity contribution in [1.29, 1.82) is 0 Å². The molecule has 1 amide bonds. The summed E-state index contributed by atoms with van der Waals surface area (Å²) in [6.07, 6.45) is 4.28. The van der Waals surface area contributed by atoms with Crippen LogP contribution in [0.2, 0.25) is 0 Å². The third kappa shape index (κ3) is 2.97. The largest absolute Gasteiger partial charge is 0.341 e. The van der Waals surface area contributed by atoms with Crippen LogP contribution in [0.1, 0.15) is 39.5 Å². The van der Waals surface area contributed by atoms with Crippen LogP contribution in [0.5, 0.6) is 0 Å². The Morgan fingerprint density at radius 2 is 2.14 bits per heavy atom. The Kier molecular flexibility index (Phi) is 4.93. The van der Waals surface area contributed by atoms with Gasteiger partial charge in [-0.25, -0.2) is 0 Å².